The van der Waals surface area contributed by atoms with Crippen LogP contribution in [0.25, 0.3) is 0 Å². The van der Waals surface area contributed by atoms with Gasteiger partial charge in [0.2, 0.25) is 0 Å². The lowest BCUT2D eigenvalue weighted by atomic mass is 9.94. The highest BCUT2D eigenvalue weighted by molar-refractivity contribution is 14.1. The van der Waals surface area contributed by atoms with Crippen molar-refractivity contribution in [3.05, 3.63) is 67.2 Å². The van der Waals surface area contributed by atoms with Crippen LogP contribution in [0.1, 0.15) is 28.3 Å². The molecule has 0 aliphatic rings. The first kappa shape index (κ1) is 13.8. The molecule has 2 aromatic rings. The van der Waals surface area contributed by atoms with E-state index in [0.717, 1.165) is 27.3 Å². The third kappa shape index (κ3) is 2.87. The maximum absolute atomic E-state index is 6.36. The van der Waals surface area contributed by atoms with Gasteiger partial charge in [0.05, 0.1) is 6.04 Å². The van der Waals surface area contributed by atoms with Crippen LogP contribution in [0.5, 0.6) is 0 Å². The number of hydrogen-bond acceptors (Lipinski definition) is 1. The highest BCUT2D eigenvalue weighted by Crippen LogP contribution is 2.28. The predicted molar refractivity (Wildman–Crippen MR) is 86.1 cm³/mol. The van der Waals surface area contributed by atoms with Gasteiger partial charge in [0.15, 0.2) is 0 Å². The quantitative estimate of drug-likeness (QED) is 0.767. The summed E-state index contributed by atoms with van der Waals surface area (Å²) in [6.07, 6.45) is 0. The van der Waals surface area contributed by atoms with Gasteiger partial charge >= 0.3 is 0 Å². The van der Waals surface area contributed by atoms with Gasteiger partial charge in [0.25, 0.3) is 0 Å². The summed E-state index contributed by atoms with van der Waals surface area (Å²) in [6.45, 7) is 4.06. The molecule has 2 aromatic carbocycles. The SMILES string of the molecule is Cc1cc(C(N)c2cccc(I)c2)c(C)cc1Cl. The van der Waals surface area contributed by atoms with Crippen molar-refractivity contribution in [1.82, 2.24) is 0 Å². The van der Waals surface area contributed by atoms with Crippen LogP contribution < -0.4 is 5.73 Å². The maximum atomic E-state index is 6.36. The summed E-state index contributed by atoms with van der Waals surface area (Å²) in [5, 5.41) is 0.797. The fraction of sp³-hybridized carbons (Fsp3) is 0.200. The molecular formula is C15H15ClIN. The van der Waals surface area contributed by atoms with Crippen LogP contribution in [0.3, 0.4) is 0 Å². The highest BCUT2D eigenvalue weighted by Gasteiger charge is 2.13. The number of halogens is 2. The molecule has 0 heterocycles. The van der Waals surface area contributed by atoms with Gasteiger partial charge in [-0.15, -0.1) is 0 Å². The number of hydrogen-bond donors (Lipinski definition) is 1. The predicted octanol–water partition coefficient (Wildman–Crippen LogP) is 4.61. The van der Waals surface area contributed by atoms with E-state index >= 15 is 0 Å². The number of benzene rings is 2. The molecule has 0 aromatic heterocycles. The van der Waals surface area contributed by atoms with Crippen LogP contribution in [0.15, 0.2) is 36.4 Å². The fourth-order valence-corrected chi connectivity index (χ4v) is 2.80. The van der Waals surface area contributed by atoms with Crippen molar-refractivity contribution in [3.8, 4) is 0 Å². The molecule has 0 saturated carbocycles. The Morgan fingerprint density at radius 1 is 1.11 bits per heavy atom. The van der Waals surface area contributed by atoms with Crippen molar-refractivity contribution in [2.24, 2.45) is 5.73 Å². The normalized spacial score (nSPS) is 12.5. The third-order valence-electron chi connectivity index (χ3n) is 3.09. The summed E-state index contributed by atoms with van der Waals surface area (Å²) >= 11 is 8.42. The third-order valence-corrected chi connectivity index (χ3v) is 4.17. The van der Waals surface area contributed by atoms with Crippen LogP contribution in [-0.2, 0) is 0 Å². The van der Waals surface area contributed by atoms with Crippen molar-refractivity contribution in [2.75, 3.05) is 0 Å². The van der Waals surface area contributed by atoms with Crippen LogP contribution in [-0.4, -0.2) is 0 Å². The van der Waals surface area contributed by atoms with Gasteiger partial charge in [-0.2, -0.15) is 0 Å². The van der Waals surface area contributed by atoms with Crippen LogP contribution in [0.2, 0.25) is 5.02 Å². The van der Waals surface area contributed by atoms with Crippen LogP contribution >= 0.6 is 34.2 Å². The zero-order chi connectivity index (χ0) is 13.3. The summed E-state index contributed by atoms with van der Waals surface area (Å²) in [4.78, 5) is 0. The summed E-state index contributed by atoms with van der Waals surface area (Å²) < 4.78 is 1.20. The lowest BCUT2D eigenvalue weighted by molar-refractivity contribution is 0.859. The Labute approximate surface area is 126 Å². The standard InChI is InChI=1S/C15H15ClIN/c1-9-7-14(16)10(2)6-13(9)15(18)11-4-3-5-12(17)8-11/h3-8,15H,18H2,1-2H3. The first-order valence-electron chi connectivity index (χ1n) is 5.76. The van der Waals surface area contributed by atoms with Crippen LogP contribution in [0, 0.1) is 17.4 Å². The molecule has 3 heteroatoms. The smallest absolute Gasteiger partial charge is 0.0554 e. The molecule has 94 valence electrons. The average Bonchev–Trinajstić information content (AvgIpc) is 2.33. The van der Waals surface area contributed by atoms with Crippen molar-refractivity contribution in [2.45, 2.75) is 19.9 Å². The molecule has 1 atom stereocenters. The summed E-state index contributed by atoms with van der Waals surface area (Å²) in [5.74, 6) is 0. The number of nitrogens with two attached hydrogens (primary N) is 1. The Morgan fingerprint density at radius 3 is 2.50 bits per heavy atom. The monoisotopic (exact) mass is 371 g/mol. The van der Waals surface area contributed by atoms with E-state index in [1.807, 2.05) is 19.1 Å². The molecule has 2 rings (SSSR count). The van der Waals surface area contributed by atoms with E-state index in [-0.39, 0.29) is 6.04 Å². The van der Waals surface area contributed by atoms with E-state index in [9.17, 15) is 0 Å². The van der Waals surface area contributed by atoms with Gasteiger partial charge < -0.3 is 5.73 Å². The molecule has 0 fully saturated rings. The van der Waals surface area contributed by atoms with Gasteiger partial charge in [-0.25, -0.2) is 0 Å². The zero-order valence-electron chi connectivity index (χ0n) is 10.4. The highest BCUT2D eigenvalue weighted by atomic mass is 127. The fourth-order valence-electron chi connectivity index (χ4n) is 2.02. The summed E-state index contributed by atoms with van der Waals surface area (Å²) in [7, 11) is 0. The zero-order valence-corrected chi connectivity index (χ0v) is 13.3. The van der Waals surface area contributed by atoms with Crippen molar-refractivity contribution in [1.29, 1.82) is 0 Å². The Balaban J connectivity index is 2.46. The summed E-state index contributed by atoms with van der Waals surface area (Å²) in [5.41, 5.74) is 10.8. The molecule has 2 N–H and O–H groups in total. The van der Waals surface area contributed by atoms with Crippen molar-refractivity contribution >= 4 is 34.2 Å². The molecule has 0 aliphatic carbocycles. The van der Waals surface area contributed by atoms with E-state index in [2.05, 4.69) is 53.8 Å². The lowest BCUT2D eigenvalue weighted by Crippen LogP contribution is -2.13. The average molecular weight is 372 g/mol. The molecule has 0 aliphatic heterocycles. The molecule has 18 heavy (non-hydrogen) atoms. The molecular weight excluding hydrogens is 357 g/mol. The molecule has 0 spiro atoms. The van der Waals surface area contributed by atoms with E-state index < -0.39 is 0 Å². The van der Waals surface area contributed by atoms with E-state index in [1.165, 1.54) is 3.57 Å². The Morgan fingerprint density at radius 2 is 1.83 bits per heavy atom. The minimum atomic E-state index is -0.101. The minimum Gasteiger partial charge on any atom is -0.320 e. The van der Waals surface area contributed by atoms with E-state index in [1.54, 1.807) is 0 Å². The van der Waals surface area contributed by atoms with E-state index in [0.29, 0.717) is 0 Å². The second kappa shape index (κ2) is 5.59. The Hall–Kier alpha value is -0.580. The van der Waals surface area contributed by atoms with Gasteiger partial charge in [-0.1, -0.05) is 29.8 Å². The lowest BCUT2D eigenvalue weighted by Gasteiger charge is -2.17. The first-order chi connectivity index (χ1) is 8.49. The minimum absolute atomic E-state index is 0.101. The van der Waals surface area contributed by atoms with Crippen molar-refractivity contribution in [3.63, 3.8) is 0 Å². The Kier molecular flexibility index (Phi) is 4.30. The first-order valence-corrected chi connectivity index (χ1v) is 7.22. The topological polar surface area (TPSA) is 26.0 Å². The molecule has 0 amide bonds. The number of rotatable bonds is 2. The van der Waals surface area contributed by atoms with Gasteiger partial charge in [0, 0.05) is 8.59 Å². The maximum Gasteiger partial charge on any atom is 0.0554 e. The molecule has 0 bridgehead atoms. The molecule has 0 saturated heterocycles. The van der Waals surface area contributed by atoms with Crippen LogP contribution in [0.4, 0.5) is 0 Å². The Bertz CT molecular complexity index is 581. The van der Waals surface area contributed by atoms with Gasteiger partial charge in [0.1, 0.15) is 0 Å². The summed E-state index contributed by atoms with van der Waals surface area (Å²) in [6, 6.07) is 12.3. The second-order valence-corrected chi connectivity index (χ2v) is 6.14. The largest absolute Gasteiger partial charge is 0.320 e. The van der Waals surface area contributed by atoms with Gasteiger partial charge in [-0.05, 0) is 76.9 Å². The molecule has 1 nitrogen and oxygen atoms in total. The second-order valence-electron chi connectivity index (χ2n) is 4.49. The van der Waals surface area contributed by atoms with Crippen molar-refractivity contribution < 1.29 is 0 Å². The molecule has 1 unspecified atom stereocenters. The van der Waals surface area contributed by atoms with Gasteiger partial charge in [-0.3, -0.25) is 0 Å². The number of aryl methyl sites for hydroxylation is 2. The van der Waals surface area contributed by atoms with E-state index in [4.69, 9.17) is 17.3 Å². The molecule has 0 radical (unpaired) electrons.